The minimum atomic E-state index is 0.0306. The molecular formula is C23H20NO5+. The minimum absolute atomic E-state index is 0.0306. The molecule has 0 saturated heterocycles. The molecule has 0 saturated carbocycles. The molecule has 146 valence electrons. The maximum absolute atomic E-state index is 6.23. The number of hydrogen-bond donors (Lipinski definition) is 0. The van der Waals surface area contributed by atoms with E-state index in [1.807, 2.05) is 32.0 Å². The van der Waals surface area contributed by atoms with Gasteiger partial charge in [-0.25, -0.2) is 0 Å². The third-order valence-corrected chi connectivity index (χ3v) is 5.52. The number of benzene rings is 2. The minimum Gasteiger partial charge on any atom is -0.490 e. The van der Waals surface area contributed by atoms with Crippen LogP contribution >= 0.6 is 0 Å². The molecule has 0 radical (unpaired) electrons. The van der Waals surface area contributed by atoms with Crippen LogP contribution in [-0.4, -0.2) is 19.7 Å². The lowest BCUT2D eigenvalue weighted by molar-refractivity contribution is -0.630. The molecule has 3 aliphatic heterocycles. The lowest BCUT2D eigenvalue weighted by atomic mass is 10.0. The van der Waals surface area contributed by atoms with Gasteiger partial charge in [0.1, 0.15) is 18.4 Å². The molecule has 29 heavy (non-hydrogen) atoms. The Hall–Kier alpha value is -3.41. The molecule has 1 aliphatic carbocycles. The topological polar surface area (TPSA) is 50.0 Å². The van der Waals surface area contributed by atoms with Gasteiger partial charge in [-0.1, -0.05) is 6.07 Å². The zero-order valence-corrected chi connectivity index (χ0v) is 16.4. The summed E-state index contributed by atoms with van der Waals surface area (Å²) in [7, 11) is 2.07. The van der Waals surface area contributed by atoms with E-state index in [0.717, 1.165) is 55.9 Å². The molecule has 3 heterocycles. The summed E-state index contributed by atoms with van der Waals surface area (Å²) in [6.45, 7) is 4.53. The molecular weight excluding hydrogens is 370 g/mol. The monoisotopic (exact) mass is 390 g/mol. The number of ether oxygens (including phenoxy) is 5. The van der Waals surface area contributed by atoms with Crippen molar-refractivity contribution in [3.8, 4) is 40.0 Å². The van der Waals surface area contributed by atoms with Crippen LogP contribution in [0.3, 0.4) is 0 Å². The first-order valence-electron chi connectivity index (χ1n) is 9.68. The lowest BCUT2D eigenvalue weighted by Gasteiger charge is -2.10. The zero-order chi connectivity index (χ0) is 19.7. The Labute approximate surface area is 167 Å². The summed E-state index contributed by atoms with van der Waals surface area (Å²) < 4.78 is 30.9. The molecule has 2 aromatic rings. The molecule has 4 aliphatic rings. The van der Waals surface area contributed by atoms with Crippen LogP contribution in [0.25, 0.3) is 32.9 Å². The largest absolute Gasteiger partial charge is 0.490 e. The third kappa shape index (κ3) is 2.32. The van der Waals surface area contributed by atoms with E-state index in [-0.39, 0.29) is 19.7 Å². The van der Waals surface area contributed by atoms with Crippen molar-refractivity contribution in [1.82, 2.24) is 0 Å². The summed E-state index contributed by atoms with van der Waals surface area (Å²) in [5.74, 6) is 3.77. The summed E-state index contributed by atoms with van der Waals surface area (Å²) in [6, 6.07) is 12.3. The average molecular weight is 390 g/mol. The molecule has 6 rings (SSSR count). The van der Waals surface area contributed by atoms with Crippen LogP contribution < -0.4 is 28.3 Å². The molecule has 6 heteroatoms. The molecule has 6 nitrogen and oxygen atoms in total. The van der Waals surface area contributed by atoms with Crippen molar-refractivity contribution in [1.29, 1.82) is 0 Å². The van der Waals surface area contributed by atoms with Crippen molar-refractivity contribution in [2.75, 3.05) is 13.6 Å². The summed E-state index contributed by atoms with van der Waals surface area (Å²) in [5, 5.41) is 3.32. The van der Waals surface area contributed by atoms with E-state index in [1.54, 1.807) is 0 Å². The van der Waals surface area contributed by atoms with Crippen LogP contribution in [-0.2, 0) is 7.05 Å². The second-order valence-electron chi connectivity index (χ2n) is 7.66. The maximum atomic E-state index is 6.23. The highest BCUT2D eigenvalue weighted by atomic mass is 16.7. The van der Waals surface area contributed by atoms with E-state index in [2.05, 4.69) is 29.8 Å². The standard InChI is InChI=1S/C23H20NO5/c1-12(2)29-21-9-20-19(27-11-28-20)8-16-22(21)14-5-4-13-6-17-18(26-10-25-17)7-15(13)23(14)24(16)3/h4-9,12H,10-11H2,1-3H3/q+1. The third-order valence-electron chi connectivity index (χ3n) is 5.52. The molecule has 0 bridgehead atoms. The van der Waals surface area contributed by atoms with E-state index in [1.165, 1.54) is 0 Å². The van der Waals surface area contributed by atoms with E-state index >= 15 is 0 Å². The van der Waals surface area contributed by atoms with Crippen LogP contribution in [0, 0.1) is 0 Å². The molecule has 0 N–H and O–H groups in total. The highest BCUT2D eigenvalue weighted by Crippen LogP contribution is 2.46. The van der Waals surface area contributed by atoms with E-state index in [9.17, 15) is 0 Å². The van der Waals surface area contributed by atoms with Gasteiger partial charge in [-0.05, 0) is 37.4 Å². The van der Waals surface area contributed by atoms with Gasteiger partial charge in [0.15, 0.2) is 23.0 Å². The van der Waals surface area contributed by atoms with Crippen LogP contribution in [0.15, 0.2) is 36.4 Å². The predicted octanol–water partition coefficient (Wildman–Crippen LogP) is 4.17. The molecule has 0 atom stereocenters. The fourth-order valence-corrected chi connectivity index (χ4v) is 4.30. The Kier molecular flexibility index (Phi) is 3.30. The summed E-state index contributed by atoms with van der Waals surface area (Å²) in [6.07, 6.45) is 0.0306. The van der Waals surface area contributed by atoms with Gasteiger partial charge in [-0.15, -0.1) is 0 Å². The molecule has 0 spiro atoms. The zero-order valence-electron chi connectivity index (χ0n) is 16.4. The second kappa shape index (κ2) is 5.80. The summed E-state index contributed by atoms with van der Waals surface area (Å²) in [4.78, 5) is 0. The van der Waals surface area contributed by atoms with Gasteiger partial charge >= 0.3 is 0 Å². The summed E-state index contributed by atoms with van der Waals surface area (Å²) in [5.41, 5.74) is 3.17. The van der Waals surface area contributed by atoms with Gasteiger partial charge in [0.05, 0.1) is 22.9 Å². The van der Waals surface area contributed by atoms with Gasteiger partial charge in [0, 0.05) is 6.07 Å². The van der Waals surface area contributed by atoms with Crippen molar-refractivity contribution in [2.24, 2.45) is 7.05 Å². The number of hydrogen-bond acceptors (Lipinski definition) is 5. The van der Waals surface area contributed by atoms with Crippen molar-refractivity contribution < 1.29 is 28.3 Å². The molecule has 0 unspecified atom stereocenters. The van der Waals surface area contributed by atoms with Crippen LogP contribution in [0.4, 0.5) is 0 Å². The van der Waals surface area contributed by atoms with E-state index in [4.69, 9.17) is 23.7 Å². The SMILES string of the molecule is CC(C)Oc1cc2c(cc3[n+](C)c4c(ccc5cc6c(cc54)OCO6)c1-3)OCO2. The van der Waals surface area contributed by atoms with Crippen molar-refractivity contribution in [2.45, 2.75) is 20.0 Å². The quantitative estimate of drug-likeness (QED) is 0.481. The molecule has 0 amide bonds. The second-order valence-corrected chi connectivity index (χ2v) is 7.66. The van der Waals surface area contributed by atoms with Gasteiger partial charge in [-0.3, -0.25) is 0 Å². The number of rotatable bonds is 2. The Morgan fingerprint density at radius 3 is 2.21 bits per heavy atom. The van der Waals surface area contributed by atoms with Gasteiger partial charge in [-0.2, -0.15) is 4.57 Å². The van der Waals surface area contributed by atoms with Gasteiger partial charge in [0.2, 0.25) is 24.8 Å². The van der Waals surface area contributed by atoms with Gasteiger partial charge < -0.3 is 23.7 Å². The van der Waals surface area contributed by atoms with E-state index < -0.39 is 0 Å². The highest BCUT2D eigenvalue weighted by molar-refractivity contribution is 6.11. The Bertz CT molecular complexity index is 1280. The predicted molar refractivity (Wildman–Crippen MR) is 107 cm³/mol. The first-order valence-corrected chi connectivity index (χ1v) is 9.68. The average Bonchev–Trinajstić information content (AvgIpc) is 3.36. The molecule has 0 fully saturated rings. The van der Waals surface area contributed by atoms with Crippen LogP contribution in [0.1, 0.15) is 13.8 Å². The lowest BCUT2D eigenvalue weighted by Crippen LogP contribution is -2.28. The van der Waals surface area contributed by atoms with Crippen LogP contribution in [0.2, 0.25) is 0 Å². The summed E-state index contributed by atoms with van der Waals surface area (Å²) >= 11 is 0. The van der Waals surface area contributed by atoms with Gasteiger partial charge in [0.25, 0.3) is 0 Å². The fourth-order valence-electron chi connectivity index (χ4n) is 4.30. The van der Waals surface area contributed by atoms with Crippen LogP contribution in [0.5, 0.6) is 28.7 Å². The molecule has 2 aromatic carbocycles. The maximum Gasteiger partial charge on any atom is 0.231 e. The van der Waals surface area contributed by atoms with E-state index in [0.29, 0.717) is 5.75 Å². The highest BCUT2D eigenvalue weighted by Gasteiger charge is 2.32. The Morgan fingerprint density at radius 1 is 0.828 bits per heavy atom. The first-order chi connectivity index (χ1) is 14.1. The van der Waals surface area contributed by atoms with Crippen molar-refractivity contribution in [3.63, 3.8) is 0 Å². The number of aromatic nitrogens is 1. The molecule has 0 aromatic heterocycles. The first kappa shape index (κ1) is 16.5. The fraction of sp³-hybridized carbons (Fsp3) is 0.261. The number of fused-ring (bicyclic) bond motifs is 7. The smallest absolute Gasteiger partial charge is 0.231 e. The number of nitrogens with zero attached hydrogens (tertiary/aromatic N) is 1. The normalized spacial score (nSPS) is 14.5. The Morgan fingerprint density at radius 2 is 1.48 bits per heavy atom. The number of aryl methyl sites for hydroxylation is 1. The van der Waals surface area contributed by atoms with Crippen molar-refractivity contribution in [3.05, 3.63) is 36.4 Å². The Balaban J connectivity index is 1.76. The van der Waals surface area contributed by atoms with Crippen molar-refractivity contribution >= 4 is 21.7 Å².